The lowest BCUT2D eigenvalue weighted by Crippen LogP contribution is -2.07. The number of hydrogen-bond donors (Lipinski definition) is 2. The van der Waals surface area contributed by atoms with Gasteiger partial charge in [0.05, 0.1) is 6.54 Å². The summed E-state index contributed by atoms with van der Waals surface area (Å²) >= 11 is 0. The van der Waals surface area contributed by atoms with Gasteiger partial charge in [-0.1, -0.05) is 6.58 Å². The summed E-state index contributed by atoms with van der Waals surface area (Å²) in [5, 5.41) is 11.6. The quantitative estimate of drug-likeness (QED) is 0.159. The van der Waals surface area contributed by atoms with Crippen LogP contribution in [0.25, 0.3) is 10.4 Å². The number of rotatable bonds is 6. The highest BCUT2D eigenvalue weighted by atomic mass is 16.6. The lowest BCUT2D eigenvalue weighted by Gasteiger charge is -2.03. The summed E-state index contributed by atoms with van der Waals surface area (Å²) in [4.78, 5) is 2.47. The molecule has 0 aromatic rings. The molecule has 0 unspecified atom stereocenters. The highest BCUT2D eigenvalue weighted by Crippen LogP contribution is 2.02. The number of aliphatic hydroxyl groups excluding tert-OH is 1. The molecule has 0 aromatic carbocycles. The van der Waals surface area contributed by atoms with E-state index in [-0.39, 0.29) is 0 Å². The van der Waals surface area contributed by atoms with Gasteiger partial charge in [0.1, 0.15) is 5.76 Å². The summed E-state index contributed by atoms with van der Waals surface area (Å²) in [5.41, 5.74) is 10.3. The minimum atomic E-state index is -0.399. The Morgan fingerprint density at radius 3 is 2.83 bits per heavy atom. The Hall–Kier alpha value is -1.81. The third kappa shape index (κ3) is 6.31. The van der Waals surface area contributed by atoms with Crippen molar-refractivity contribution in [2.45, 2.75) is 6.42 Å². The standard InChI is InChI=1S/C6H10N4O2/c1-5(12-6(2)11)3-4-8-10-9-7/h8,11H,1-4H2. The third-order valence-corrected chi connectivity index (χ3v) is 0.893. The van der Waals surface area contributed by atoms with Gasteiger partial charge in [-0.15, -0.1) is 5.53 Å². The Bertz CT molecular complexity index is 220. The molecule has 0 aliphatic carbocycles. The van der Waals surface area contributed by atoms with Crippen molar-refractivity contribution in [2.24, 2.45) is 5.22 Å². The van der Waals surface area contributed by atoms with Crippen LogP contribution in [-0.4, -0.2) is 11.7 Å². The molecular weight excluding hydrogens is 160 g/mol. The van der Waals surface area contributed by atoms with Crippen LogP contribution in [0.15, 0.2) is 30.1 Å². The highest BCUT2D eigenvalue weighted by molar-refractivity contribution is 4.87. The summed E-state index contributed by atoms with van der Waals surface area (Å²) in [6.07, 6.45) is 0.429. The average Bonchev–Trinajstić information content (AvgIpc) is 1.97. The van der Waals surface area contributed by atoms with Gasteiger partial charge in [-0.2, -0.15) is 4.91 Å². The Kier molecular flexibility index (Phi) is 5.04. The van der Waals surface area contributed by atoms with Crippen LogP contribution in [0.5, 0.6) is 0 Å². The van der Waals surface area contributed by atoms with Gasteiger partial charge in [-0.05, 0) is 11.8 Å². The molecule has 0 heterocycles. The van der Waals surface area contributed by atoms with E-state index in [1.165, 1.54) is 0 Å². The molecule has 0 saturated carbocycles. The van der Waals surface area contributed by atoms with E-state index in [1.807, 2.05) is 0 Å². The van der Waals surface area contributed by atoms with Gasteiger partial charge in [-0.25, -0.2) is 0 Å². The van der Waals surface area contributed by atoms with Crippen LogP contribution in [-0.2, 0) is 4.74 Å². The van der Waals surface area contributed by atoms with Gasteiger partial charge in [-0.3, -0.25) is 5.43 Å². The minimum absolute atomic E-state index is 0.350. The van der Waals surface area contributed by atoms with Crippen LogP contribution >= 0.6 is 0 Å². The summed E-state index contributed by atoms with van der Waals surface area (Å²) in [5.74, 6) is -0.0491. The number of aliphatic hydroxyl groups is 1. The van der Waals surface area contributed by atoms with Crippen molar-refractivity contribution in [1.82, 2.24) is 5.43 Å². The minimum Gasteiger partial charge on any atom is -0.481 e. The number of ether oxygens (including phenoxy) is 1. The summed E-state index contributed by atoms with van der Waals surface area (Å²) < 4.78 is 4.62. The van der Waals surface area contributed by atoms with Gasteiger partial charge in [0.25, 0.3) is 5.95 Å². The second-order valence-corrected chi connectivity index (χ2v) is 1.88. The Morgan fingerprint density at radius 2 is 2.33 bits per heavy atom. The first-order chi connectivity index (χ1) is 5.66. The van der Waals surface area contributed by atoms with E-state index in [0.717, 1.165) is 0 Å². The second kappa shape index (κ2) is 5.94. The van der Waals surface area contributed by atoms with E-state index in [1.54, 1.807) is 0 Å². The molecule has 0 rings (SSSR count). The van der Waals surface area contributed by atoms with Gasteiger partial charge < -0.3 is 9.84 Å². The SMILES string of the molecule is C=C(O)OC(=C)CCNN=[N+]=[N-]. The summed E-state index contributed by atoms with van der Waals surface area (Å²) in [7, 11) is 0. The van der Waals surface area contributed by atoms with Gasteiger partial charge in [0, 0.05) is 6.42 Å². The van der Waals surface area contributed by atoms with Gasteiger partial charge >= 0.3 is 0 Å². The van der Waals surface area contributed by atoms with Crippen molar-refractivity contribution in [3.63, 3.8) is 0 Å². The smallest absolute Gasteiger partial charge is 0.274 e. The van der Waals surface area contributed by atoms with Crippen molar-refractivity contribution in [3.05, 3.63) is 35.3 Å². The average molecular weight is 170 g/mol. The maximum absolute atomic E-state index is 8.55. The number of azide groups is 1. The Balaban J connectivity index is 3.44. The molecule has 0 aliphatic heterocycles. The largest absolute Gasteiger partial charge is 0.481 e. The van der Waals surface area contributed by atoms with Crippen molar-refractivity contribution in [3.8, 4) is 0 Å². The van der Waals surface area contributed by atoms with Crippen molar-refractivity contribution >= 4 is 0 Å². The maximum Gasteiger partial charge on any atom is 0.274 e. The third-order valence-electron chi connectivity index (χ3n) is 0.893. The van der Waals surface area contributed by atoms with Crippen molar-refractivity contribution in [2.75, 3.05) is 6.54 Å². The first-order valence-corrected chi connectivity index (χ1v) is 3.17. The number of hydrogen-bond acceptors (Lipinski definition) is 3. The van der Waals surface area contributed by atoms with Crippen LogP contribution in [0.1, 0.15) is 6.42 Å². The lowest BCUT2D eigenvalue weighted by atomic mass is 10.4. The molecule has 6 heteroatoms. The summed E-state index contributed by atoms with van der Waals surface area (Å²) in [6, 6.07) is 0. The zero-order valence-electron chi connectivity index (χ0n) is 6.53. The topological polar surface area (TPSA) is 90.2 Å². The molecule has 0 spiro atoms. The van der Waals surface area contributed by atoms with Crippen molar-refractivity contribution in [1.29, 1.82) is 0 Å². The molecule has 0 fully saturated rings. The monoisotopic (exact) mass is 170 g/mol. The molecule has 0 bridgehead atoms. The first-order valence-electron chi connectivity index (χ1n) is 3.17. The number of nitrogens with one attached hydrogen (secondary N) is 1. The van der Waals surface area contributed by atoms with Gasteiger partial charge in [0.2, 0.25) is 0 Å². The fraction of sp³-hybridized carbons (Fsp3) is 0.333. The highest BCUT2D eigenvalue weighted by Gasteiger charge is 1.96. The van der Waals surface area contributed by atoms with Crippen LogP contribution in [0.2, 0.25) is 0 Å². The predicted octanol–water partition coefficient (Wildman–Crippen LogP) is 1.75. The molecule has 0 aliphatic rings. The van der Waals surface area contributed by atoms with E-state index in [0.29, 0.717) is 18.7 Å². The zero-order chi connectivity index (χ0) is 9.40. The molecule has 0 saturated heterocycles. The van der Waals surface area contributed by atoms with E-state index in [2.05, 4.69) is 33.5 Å². The predicted molar refractivity (Wildman–Crippen MR) is 43.8 cm³/mol. The van der Waals surface area contributed by atoms with Gasteiger partial charge in [0.15, 0.2) is 0 Å². The molecule has 0 amide bonds. The molecule has 0 radical (unpaired) electrons. The normalized spacial score (nSPS) is 8.00. The maximum atomic E-state index is 8.55. The van der Waals surface area contributed by atoms with Crippen LogP contribution in [0, 0.1) is 0 Å². The van der Waals surface area contributed by atoms with Crippen LogP contribution in [0.4, 0.5) is 0 Å². The molecule has 2 N–H and O–H groups in total. The fourth-order valence-electron chi connectivity index (χ4n) is 0.495. The summed E-state index contributed by atoms with van der Waals surface area (Å²) in [6.45, 7) is 6.98. The molecule has 0 atom stereocenters. The second-order valence-electron chi connectivity index (χ2n) is 1.88. The van der Waals surface area contributed by atoms with E-state index in [9.17, 15) is 0 Å². The Morgan fingerprint density at radius 1 is 1.67 bits per heavy atom. The molecule has 66 valence electrons. The fourth-order valence-corrected chi connectivity index (χ4v) is 0.495. The van der Waals surface area contributed by atoms with E-state index >= 15 is 0 Å². The zero-order valence-corrected chi connectivity index (χ0v) is 6.53. The number of nitrogens with zero attached hydrogens (tertiary/aromatic N) is 3. The molecular formula is C6H10N4O2. The first kappa shape index (κ1) is 10.2. The van der Waals surface area contributed by atoms with E-state index in [4.69, 9.17) is 10.6 Å². The molecule has 12 heavy (non-hydrogen) atoms. The van der Waals surface area contributed by atoms with Crippen molar-refractivity contribution < 1.29 is 9.84 Å². The molecule has 0 aromatic heterocycles. The van der Waals surface area contributed by atoms with Crippen LogP contribution in [0.3, 0.4) is 0 Å². The Labute approximate surface area is 69.7 Å². The molecule has 6 nitrogen and oxygen atoms in total. The van der Waals surface area contributed by atoms with Crippen LogP contribution < -0.4 is 5.43 Å². The lowest BCUT2D eigenvalue weighted by molar-refractivity contribution is 0.143. The van der Waals surface area contributed by atoms with E-state index < -0.39 is 5.95 Å².